The number of thiazole rings is 1. The number of nitrogens with one attached hydrogen (secondary N) is 1. The molecule has 1 aliphatic carbocycles. The van der Waals surface area contributed by atoms with Gasteiger partial charge < -0.3 is 5.32 Å². The van der Waals surface area contributed by atoms with Gasteiger partial charge in [0.05, 0.1) is 22.6 Å². The van der Waals surface area contributed by atoms with E-state index in [0.717, 1.165) is 28.8 Å². The zero-order chi connectivity index (χ0) is 16.7. The number of hydrogen-bond donors (Lipinski definition) is 1. The molecule has 3 aromatic rings. The fourth-order valence-corrected chi connectivity index (χ4v) is 4.89. The predicted molar refractivity (Wildman–Crippen MR) is 101 cm³/mol. The van der Waals surface area contributed by atoms with Crippen molar-refractivity contribution >= 4 is 32.8 Å². The number of anilines is 1. The smallest absolute Gasteiger partial charge is 0.214 e. The first-order valence-corrected chi connectivity index (χ1v) is 10.2. The molecule has 1 N–H and O–H groups in total. The lowest BCUT2D eigenvalue weighted by Gasteiger charge is -2.13. The summed E-state index contributed by atoms with van der Waals surface area (Å²) in [5.41, 5.74) is 2.50. The van der Waals surface area contributed by atoms with Crippen LogP contribution >= 0.6 is 22.7 Å². The molecule has 24 heavy (non-hydrogen) atoms. The minimum Gasteiger partial charge on any atom is -0.360 e. The molecule has 0 radical (unpaired) electrons. The molecule has 0 bridgehead atoms. The zero-order valence-electron chi connectivity index (χ0n) is 14.4. The van der Waals surface area contributed by atoms with Gasteiger partial charge in [-0.15, -0.1) is 16.4 Å². The van der Waals surface area contributed by atoms with Crippen molar-refractivity contribution in [3.63, 3.8) is 0 Å². The molecular formula is C17H23N5S2. The number of aryl methyl sites for hydroxylation is 2. The molecule has 1 aliphatic rings. The quantitative estimate of drug-likeness (QED) is 0.761. The molecule has 0 saturated carbocycles. The summed E-state index contributed by atoms with van der Waals surface area (Å²) in [5, 5.41) is 10.2. The van der Waals surface area contributed by atoms with Crippen molar-refractivity contribution in [3.8, 4) is 0 Å². The highest BCUT2D eigenvalue weighted by molar-refractivity contribution is 7.20. The van der Waals surface area contributed by atoms with E-state index in [1.54, 1.807) is 11.3 Å². The Morgan fingerprint density at radius 1 is 1.17 bits per heavy atom. The van der Waals surface area contributed by atoms with Crippen LogP contribution in [0.1, 0.15) is 54.9 Å². The SMILES string of the molecule is CC(C)(C)c1cn2nc(NCCc3nc4c(s3)CCCC4)sc2n1. The molecule has 128 valence electrons. The first kappa shape index (κ1) is 16.0. The van der Waals surface area contributed by atoms with Gasteiger partial charge in [-0.2, -0.15) is 0 Å². The summed E-state index contributed by atoms with van der Waals surface area (Å²) < 4.78 is 1.88. The summed E-state index contributed by atoms with van der Waals surface area (Å²) >= 11 is 3.51. The highest BCUT2D eigenvalue weighted by Crippen LogP contribution is 2.28. The van der Waals surface area contributed by atoms with E-state index in [9.17, 15) is 0 Å². The van der Waals surface area contributed by atoms with Crippen LogP contribution in [0.15, 0.2) is 6.20 Å². The second-order valence-corrected chi connectivity index (χ2v) is 9.50. The van der Waals surface area contributed by atoms with Crippen molar-refractivity contribution < 1.29 is 0 Å². The average Bonchev–Trinajstić information content (AvgIpc) is 3.17. The fraction of sp³-hybridized carbons (Fsp3) is 0.588. The standard InChI is InChI=1S/C17H23N5S2/c1-17(2,3)13-10-22-16(20-13)24-15(21-22)18-9-8-14-19-11-6-4-5-7-12(11)23-14/h10H,4-9H2,1-3H3,(H,18,21). The van der Waals surface area contributed by atoms with Crippen LogP contribution in [-0.4, -0.2) is 26.1 Å². The Balaban J connectivity index is 1.38. The molecule has 5 nitrogen and oxygen atoms in total. The van der Waals surface area contributed by atoms with Crippen LogP contribution in [0.5, 0.6) is 0 Å². The zero-order valence-corrected chi connectivity index (χ0v) is 16.1. The molecule has 4 rings (SSSR count). The molecule has 3 heterocycles. The normalized spacial score (nSPS) is 15.0. The molecule has 0 unspecified atom stereocenters. The minimum atomic E-state index is 0.0605. The summed E-state index contributed by atoms with van der Waals surface area (Å²) in [6, 6.07) is 0. The second kappa shape index (κ2) is 6.11. The Bertz CT molecular complexity index is 797. The van der Waals surface area contributed by atoms with Crippen molar-refractivity contribution in [2.24, 2.45) is 0 Å². The van der Waals surface area contributed by atoms with Gasteiger partial charge in [0.2, 0.25) is 10.1 Å². The van der Waals surface area contributed by atoms with Gasteiger partial charge in [0.15, 0.2) is 0 Å². The summed E-state index contributed by atoms with van der Waals surface area (Å²) in [6.45, 7) is 7.39. The molecule has 0 atom stereocenters. The van der Waals surface area contributed by atoms with Gasteiger partial charge in [0.1, 0.15) is 0 Å². The van der Waals surface area contributed by atoms with Crippen molar-refractivity contribution in [2.75, 3.05) is 11.9 Å². The number of aromatic nitrogens is 4. The third kappa shape index (κ3) is 3.19. The van der Waals surface area contributed by atoms with E-state index in [1.807, 2.05) is 22.0 Å². The van der Waals surface area contributed by atoms with Crippen LogP contribution in [0.25, 0.3) is 4.96 Å². The van der Waals surface area contributed by atoms with E-state index in [1.165, 1.54) is 41.3 Å². The van der Waals surface area contributed by atoms with Gasteiger partial charge in [-0.05, 0) is 25.7 Å². The largest absolute Gasteiger partial charge is 0.360 e. The molecule has 0 saturated heterocycles. The van der Waals surface area contributed by atoms with Crippen molar-refractivity contribution in [2.45, 2.75) is 58.3 Å². The fourth-order valence-electron chi connectivity index (χ4n) is 2.92. The highest BCUT2D eigenvalue weighted by atomic mass is 32.1. The first-order valence-electron chi connectivity index (χ1n) is 8.57. The van der Waals surface area contributed by atoms with E-state index in [0.29, 0.717) is 0 Å². The topological polar surface area (TPSA) is 55.1 Å². The molecule has 0 fully saturated rings. The van der Waals surface area contributed by atoms with Gasteiger partial charge in [0.25, 0.3) is 0 Å². The summed E-state index contributed by atoms with van der Waals surface area (Å²) in [4.78, 5) is 11.9. The molecule has 7 heteroatoms. The molecule has 0 aromatic carbocycles. The Morgan fingerprint density at radius 3 is 2.75 bits per heavy atom. The molecular weight excluding hydrogens is 338 g/mol. The van der Waals surface area contributed by atoms with Crippen LogP contribution in [0, 0.1) is 0 Å². The van der Waals surface area contributed by atoms with Gasteiger partial charge in [0, 0.05) is 23.3 Å². The maximum absolute atomic E-state index is 4.80. The Morgan fingerprint density at radius 2 is 2.00 bits per heavy atom. The monoisotopic (exact) mass is 361 g/mol. The molecule has 0 amide bonds. The van der Waals surface area contributed by atoms with Crippen LogP contribution in [0.2, 0.25) is 0 Å². The van der Waals surface area contributed by atoms with E-state index in [2.05, 4.69) is 36.2 Å². The first-order chi connectivity index (χ1) is 11.5. The number of fused-ring (bicyclic) bond motifs is 2. The Hall–Kier alpha value is -1.47. The van der Waals surface area contributed by atoms with E-state index < -0.39 is 0 Å². The predicted octanol–water partition coefficient (Wildman–Crippen LogP) is 4.08. The third-order valence-electron chi connectivity index (χ3n) is 4.32. The van der Waals surface area contributed by atoms with Crippen molar-refractivity contribution in [1.82, 2.24) is 19.6 Å². The Labute approximate surface area is 150 Å². The summed E-state index contributed by atoms with van der Waals surface area (Å²) in [6.07, 6.45) is 8.00. The number of hydrogen-bond acceptors (Lipinski definition) is 6. The van der Waals surface area contributed by atoms with Crippen LogP contribution in [0.3, 0.4) is 0 Å². The summed E-state index contributed by atoms with van der Waals surface area (Å²) in [5.74, 6) is 0. The lowest BCUT2D eigenvalue weighted by Crippen LogP contribution is -2.11. The highest BCUT2D eigenvalue weighted by Gasteiger charge is 2.19. The number of imidazole rings is 1. The van der Waals surface area contributed by atoms with Crippen LogP contribution in [-0.2, 0) is 24.7 Å². The van der Waals surface area contributed by atoms with Gasteiger partial charge in [-0.25, -0.2) is 14.5 Å². The maximum Gasteiger partial charge on any atom is 0.214 e. The Kier molecular flexibility index (Phi) is 4.08. The lowest BCUT2D eigenvalue weighted by atomic mass is 9.93. The van der Waals surface area contributed by atoms with Gasteiger partial charge >= 0.3 is 0 Å². The van der Waals surface area contributed by atoms with Crippen LogP contribution < -0.4 is 5.32 Å². The third-order valence-corrected chi connectivity index (χ3v) is 6.41. The molecule has 3 aromatic heterocycles. The maximum atomic E-state index is 4.80. The summed E-state index contributed by atoms with van der Waals surface area (Å²) in [7, 11) is 0. The van der Waals surface area contributed by atoms with Gasteiger partial charge in [-0.3, -0.25) is 0 Å². The average molecular weight is 362 g/mol. The van der Waals surface area contributed by atoms with Gasteiger partial charge in [-0.1, -0.05) is 32.1 Å². The molecule has 0 spiro atoms. The number of nitrogens with zero attached hydrogens (tertiary/aromatic N) is 4. The van der Waals surface area contributed by atoms with E-state index >= 15 is 0 Å². The van der Waals surface area contributed by atoms with E-state index in [-0.39, 0.29) is 5.41 Å². The van der Waals surface area contributed by atoms with Crippen molar-refractivity contribution in [1.29, 1.82) is 0 Å². The van der Waals surface area contributed by atoms with Crippen molar-refractivity contribution in [3.05, 3.63) is 27.5 Å². The van der Waals surface area contributed by atoms with E-state index in [4.69, 9.17) is 4.98 Å². The second-order valence-electron chi connectivity index (χ2n) is 7.37. The number of rotatable bonds is 4. The molecule has 0 aliphatic heterocycles. The van der Waals surface area contributed by atoms with Crippen LogP contribution in [0.4, 0.5) is 5.13 Å². The lowest BCUT2D eigenvalue weighted by molar-refractivity contribution is 0.572. The minimum absolute atomic E-state index is 0.0605.